The third kappa shape index (κ3) is 5.69. The number of hydrogen-bond donors (Lipinski definition) is 1. The van der Waals surface area contributed by atoms with Gasteiger partial charge in [-0.1, -0.05) is 11.3 Å². The number of thiazole rings is 1. The molecule has 1 aliphatic heterocycles. The van der Waals surface area contributed by atoms with Gasteiger partial charge in [0.1, 0.15) is 16.3 Å². The van der Waals surface area contributed by atoms with Gasteiger partial charge in [0.15, 0.2) is 17.1 Å². The average molecular weight is 646 g/mol. The van der Waals surface area contributed by atoms with Crippen LogP contribution in [0.25, 0.3) is 27.6 Å². The van der Waals surface area contributed by atoms with Crippen molar-refractivity contribution in [2.24, 2.45) is 0 Å². The van der Waals surface area contributed by atoms with E-state index in [1.54, 1.807) is 21.6 Å². The number of fused-ring (bicyclic) bond motifs is 3. The molecule has 1 fully saturated rings. The Morgan fingerprint density at radius 3 is 2.61 bits per heavy atom. The van der Waals surface area contributed by atoms with Crippen LogP contribution in [0, 0.1) is 11.6 Å². The van der Waals surface area contributed by atoms with E-state index in [2.05, 4.69) is 20.0 Å². The number of aromatic nitrogens is 5. The van der Waals surface area contributed by atoms with E-state index in [9.17, 15) is 22.6 Å². The third-order valence-corrected chi connectivity index (χ3v) is 9.26. The zero-order chi connectivity index (χ0) is 31.1. The molecule has 0 unspecified atom stereocenters. The van der Waals surface area contributed by atoms with E-state index < -0.39 is 28.3 Å². The summed E-state index contributed by atoms with van der Waals surface area (Å²) in [6, 6.07) is 5.43. The summed E-state index contributed by atoms with van der Waals surface area (Å²) < 4.78 is 49.7. The van der Waals surface area contributed by atoms with Crippen molar-refractivity contribution in [3.05, 3.63) is 57.4 Å². The SMILES string of the molecule is CN(CC[S@@](C)=O)C(=O)c1cc(N2CCN(CCn3c(=O)sc4c3nc(N)n3nc(-c5ccco5)nc43)CC2)c(F)cc1F. The molecule has 1 atom stereocenters. The minimum Gasteiger partial charge on any atom is -0.461 e. The minimum absolute atomic E-state index is 0.0867. The van der Waals surface area contributed by atoms with Gasteiger partial charge in [-0.15, -0.1) is 5.10 Å². The second-order valence-corrected chi connectivity index (χ2v) is 12.9. The number of nitrogens with two attached hydrogens (primary N) is 1. The van der Waals surface area contributed by atoms with Gasteiger partial charge in [-0.25, -0.2) is 13.8 Å². The van der Waals surface area contributed by atoms with E-state index in [4.69, 9.17) is 10.2 Å². The van der Waals surface area contributed by atoms with Gasteiger partial charge in [-0.05, 0) is 18.2 Å². The zero-order valence-corrected chi connectivity index (χ0v) is 25.5. The summed E-state index contributed by atoms with van der Waals surface area (Å²) >= 11 is 1.01. The van der Waals surface area contributed by atoms with Gasteiger partial charge < -0.3 is 20.0 Å². The molecule has 1 aliphatic rings. The molecule has 6 rings (SSSR count). The molecular weight excluding hydrogens is 616 g/mol. The van der Waals surface area contributed by atoms with Crippen LogP contribution in [0.3, 0.4) is 0 Å². The molecule has 0 bridgehead atoms. The fourth-order valence-electron chi connectivity index (χ4n) is 5.11. The van der Waals surface area contributed by atoms with E-state index in [1.807, 2.05) is 0 Å². The molecule has 5 aromatic rings. The van der Waals surface area contributed by atoms with Crippen molar-refractivity contribution >= 4 is 55.7 Å². The molecule has 2 N–H and O–H groups in total. The first-order valence-corrected chi connectivity index (χ1v) is 16.3. The predicted octanol–water partition coefficient (Wildman–Crippen LogP) is 1.89. The Balaban J connectivity index is 1.14. The Hall–Kier alpha value is -4.22. The maximum absolute atomic E-state index is 14.9. The highest BCUT2D eigenvalue weighted by molar-refractivity contribution is 7.84. The summed E-state index contributed by atoms with van der Waals surface area (Å²) in [5.41, 5.74) is 6.92. The Morgan fingerprint density at radius 2 is 1.91 bits per heavy atom. The zero-order valence-electron chi connectivity index (χ0n) is 23.9. The highest BCUT2D eigenvalue weighted by atomic mass is 32.2. The molecule has 1 amide bonds. The van der Waals surface area contributed by atoms with Crippen molar-refractivity contribution in [2.75, 3.05) is 69.0 Å². The van der Waals surface area contributed by atoms with Crippen molar-refractivity contribution in [2.45, 2.75) is 6.54 Å². The highest BCUT2D eigenvalue weighted by Gasteiger charge is 2.25. The Morgan fingerprint density at radius 1 is 1.14 bits per heavy atom. The normalized spacial score (nSPS) is 15.0. The Labute approximate surface area is 255 Å². The molecule has 1 saturated heterocycles. The Kier molecular flexibility index (Phi) is 8.17. The fraction of sp³-hybridized carbons (Fsp3) is 0.370. The van der Waals surface area contributed by atoms with Crippen LogP contribution in [0.15, 0.2) is 39.7 Å². The van der Waals surface area contributed by atoms with Crippen molar-refractivity contribution in [3.63, 3.8) is 0 Å². The number of carbonyl (C=O) groups excluding carboxylic acids is 1. The fourth-order valence-corrected chi connectivity index (χ4v) is 6.57. The summed E-state index contributed by atoms with van der Waals surface area (Å²) in [6.07, 6.45) is 3.04. The number of piperazine rings is 1. The molecule has 232 valence electrons. The summed E-state index contributed by atoms with van der Waals surface area (Å²) in [4.78, 5) is 39.8. The van der Waals surface area contributed by atoms with E-state index >= 15 is 0 Å². The van der Waals surface area contributed by atoms with Crippen molar-refractivity contribution < 1.29 is 22.2 Å². The largest absolute Gasteiger partial charge is 0.461 e. The summed E-state index contributed by atoms with van der Waals surface area (Å²) in [7, 11) is 0.386. The van der Waals surface area contributed by atoms with E-state index in [1.165, 1.54) is 35.0 Å². The van der Waals surface area contributed by atoms with Crippen LogP contribution in [0.4, 0.5) is 20.4 Å². The minimum atomic E-state index is -1.11. The maximum Gasteiger partial charge on any atom is 0.309 e. The van der Waals surface area contributed by atoms with Crippen molar-refractivity contribution in [1.82, 2.24) is 33.9 Å². The molecule has 0 radical (unpaired) electrons. The topological polar surface area (TPSA) is 148 Å². The second kappa shape index (κ2) is 12.0. The molecular formula is C27H29F2N9O4S2. The molecule has 0 spiro atoms. The monoisotopic (exact) mass is 645 g/mol. The molecule has 5 heterocycles. The molecule has 4 aromatic heterocycles. The van der Waals surface area contributed by atoms with Gasteiger partial charge in [0, 0.05) is 81.7 Å². The first-order chi connectivity index (χ1) is 21.1. The molecule has 44 heavy (non-hydrogen) atoms. The van der Waals surface area contributed by atoms with Gasteiger partial charge in [0.2, 0.25) is 11.8 Å². The molecule has 13 nitrogen and oxygen atoms in total. The number of anilines is 2. The number of nitrogen functional groups attached to an aromatic ring is 1. The number of benzene rings is 1. The quantitative estimate of drug-likeness (QED) is 0.252. The smallest absolute Gasteiger partial charge is 0.309 e. The average Bonchev–Trinajstić information content (AvgIpc) is 3.74. The number of halogens is 2. The summed E-state index contributed by atoms with van der Waals surface area (Å²) in [6.45, 7) is 3.02. The summed E-state index contributed by atoms with van der Waals surface area (Å²) in [5, 5.41) is 4.37. The molecule has 0 saturated carbocycles. The number of hydrogen-bond acceptors (Lipinski definition) is 11. The standard InChI is InChI=1S/C27H29F2N9O4S2/c1-34(11-13-44(2)41)25(39)16-14-19(18(29)15-17(16)28)36-8-5-35(6-9-36)7-10-37-23-21(43-27(37)40)24-31-22(20-4-3-12-42-20)33-38(24)26(30)32-23/h3-4,12,14-15H,5-11,13H2,1-2H3,(H2,30,32)/t44-/m1/s1. The number of carbonyl (C=O) groups is 1. The van der Waals surface area contributed by atoms with E-state index in [-0.39, 0.29) is 34.4 Å². The van der Waals surface area contributed by atoms with Crippen LogP contribution in [-0.4, -0.2) is 102 Å². The van der Waals surface area contributed by atoms with Crippen LogP contribution in [0.2, 0.25) is 0 Å². The number of amides is 1. The highest BCUT2D eigenvalue weighted by Crippen LogP contribution is 2.27. The number of furan rings is 1. The van der Waals surface area contributed by atoms with Gasteiger partial charge in [-0.2, -0.15) is 9.50 Å². The van der Waals surface area contributed by atoms with Crippen LogP contribution < -0.4 is 15.5 Å². The molecule has 17 heteroatoms. The first kappa shape index (κ1) is 29.8. The van der Waals surface area contributed by atoms with Crippen LogP contribution in [0.1, 0.15) is 10.4 Å². The predicted molar refractivity (Wildman–Crippen MR) is 163 cm³/mol. The maximum atomic E-state index is 14.9. The lowest BCUT2D eigenvalue weighted by Crippen LogP contribution is -2.47. The van der Waals surface area contributed by atoms with Gasteiger partial charge in [0.25, 0.3) is 5.91 Å². The van der Waals surface area contributed by atoms with Crippen LogP contribution >= 0.6 is 11.3 Å². The van der Waals surface area contributed by atoms with Gasteiger partial charge in [-0.3, -0.25) is 23.3 Å². The third-order valence-electron chi connectivity index (χ3n) is 7.54. The number of rotatable bonds is 9. The number of nitrogens with zero attached hydrogens (tertiary/aromatic N) is 8. The molecule has 1 aromatic carbocycles. The second-order valence-electron chi connectivity index (χ2n) is 10.4. The van der Waals surface area contributed by atoms with E-state index in [0.717, 1.165) is 17.4 Å². The van der Waals surface area contributed by atoms with Gasteiger partial charge >= 0.3 is 4.87 Å². The lowest BCUT2D eigenvalue weighted by molar-refractivity contribution is 0.0799. The molecule has 0 aliphatic carbocycles. The van der Waals surface area contributed by atoms with Crippen molar-refractivity contribution in [1.29, 1.82) is 0 Å². The lowest BCUT2D eigenvalue weighted by atomic mass is 10.1. The lowest BCUT2D eigenvalue weighted by Gasteiger charge is -2.36. The first-order valence-electron chi connectivity index (χ1n) is 13.7. The van der Waals surface area contributed by atoms with Crippen LogP contribution in [0.5, 0.6) is 0 Å². The Bertz CT molecular complexity index is 1930. The van der Waals surface area contributed by atoms with Gasteiger partial charge in [0.05, 0.1) is 17.5 Å². The summed E-state index contributed by atoms with van der Waals surface area (Å²) in [5.74, 6) is -1.15. The van der Waals surface area contributed by atoms with Crippen LogP contribution in [-0.2, 0) is 17.3 Å². The van der Waals surface area contributed by atoms with Crippen molar-refractivity contribution in [3.8, 4) is 11.6 Å². The van der Waals surface area contributed by atoms with E-state index in [0.29, 0.717) is 66.8 Å².